The Morgan fingerprint density at radius 2 is 2.07 bits per heavy atom. The molecule has 0 aliphatic carbocycles. The van der Waals surface area contributed by atoms with Crippen LogP contribution in [-0.4, -0.2) is 49.0 Å². The van der Waals surface area contributed by atoms with Crippen LogP contribution in [0.2, 0.25) is 0 Å². The van der Waals surface area contributed by atoms with Gasteiger partial charge in [-0.2, -0.15) is 0 Å². The molecule has 0 aromatic carbocycles. The summed E-state index contributed by atoms with van der Waals surface area (Å²) in [6, 6.07) is 0.297. The summed E-state index contributed by atoms with van der Waals surface area (Å²) >= 11 is 0. The van der Waals surface area contributed by atoms with Gasteiger partial charge < -0.3 is 14.7 Å². The number of aliphatic hydroxyl groups is 1. The van der Waals surface area contributed by atoms with Gasteiger partial charge in [0.05, 0.1) is 12.7 Å². The number of aliphatic hydroxyl groups excluding tert-OH is 1. The maximum Gasteiger partial charge on any atom is 0.0928 e. The molecule has 0 amide bonds. The van der Waals surface area contributed by atoms with E-state index >= 15 is 0 Å². The third kappa shape index (κ3) is 4.49. The predicted molar refractivity (Wildman–Crippen MR) is 61.9 cm³/mol. The number of likely N-dealkylation sites (tertiary alicyclic amines) is 1. The van der Waals surface area contributed by atoms with E-state index in [1.807, 2.05) is 0 Å². The highest BCUT2D eigenvalue weighted by atomic mass is 16.5. The number of hydrogen-bond donors (Lipinski definition) is 1. The Balaban J connectivity index is 2.22. The highest BCUT2D eigenvalue weighted by Gasteiger charge is 2.25. The van der Waals surface area contributed by atoms with Crippen molar-refractivity contribution in [1.29, 1.82) is 0 Å². The fraction of sp³-hybridized carbons (Fsp3) is 1.00. The molecule has 0 aromatic heterocycles. The molecular weight excluding hydrogens is 190 g/mol. The Hall–Kier alpha value is -0.120. The molecule has 1 aliphatic heterocycles. The summed E-state index contributed by atoms with van der Waals surface area (Å²) in [6.45, 7) is 6.57. The third-order valence-electron chi connectivity index (χ3n) is 3.01. The molecule has 1 aliphatic rings. The second-order valence-corrected chi connectivity index (χ2v) is 5.04. The van der Waals surface area contributed by atoms with Gasteiger partial charge in [-0.3, -0.25) is 0 Å². The van der Waals surface area contributed by atoms with Crippen LogP contribution in [0.15, 0.2) is 0 Å². The smallest absolute Gasteiger partial charge is 0.0928 e. The van der Waals surface area contributed by atoms with Crippen LogP contribution in [0.5, 0.6) is 0 Å². The van der Waals surface area contributed by atoms with Crippen LogP contribution in [0.25, 0.3) is 0 Å². The quantitative estimate of drug-likeness (QED) is 0.754. The molecule has 3 heteroatoms. The molecule has 2 atom stereocenters. The van der Waals surface area contributed by atoms with E-state index in [1.54, 1.807) is 0 Å². The fourth-order valence-electron chi connectivity index (χ4n) is 2.12. The zero-order valence-electron chi connectivity index (χ0n) is 10.3. The van der Waals surface area contributed by atoms with E-state index < -0.39 is 0 Å². The molecule has 0 bridgehead atoms. The van der Waals surface area contributed by atoms with E-state index in [1.165, 1.54) is 12.8 Å². The van der Waals surface area contributed by atoms with Gasteiger partial charge in [-0.25, -0.2) is 0 Å². The molecule has 1 fully saturated rings. The van der Waals surface area contributed by atoms with Gasteiger partial charge in [0.25, 0.3) is 0 Å². The first-order valence-corrected chi connectivity index (χ1v) is 6.07. The van der Waals surface area contributed by atoms with Crippen LogP contribution < -0.4 is 0 Å². The maximum atomic E-state index is 9.99. The molecule has 1 heterocycles. The largest absolute Gasteiger partial charge is 0.389 e. The van der Waals surface area contributed by atoms with Gasteiger partial charge in [-0.15, -0.1) is 0 Å². The van der Waals surface area contributed by atoms with Crippen molar-refractivity contribution in [2.75, 3.05) is 26.8 Å². The molecule has 0 radical (unpaired) electrons. The lowest BCUT2D eigenvalue weighted by atomic mass is 9.98. The summed E-state index contributed by atoms with van der Waals surface area (Å²) in [4.78, 5) is 2.26. The average Bonchev–Trinajstić information content (AvgIpc) is 2.17. The SMILES string of the molecule is CC(C)COCC(O)C1CCCCN1C. The minimum atomic E-state index is -0.325. The highest BCUT2D eigenvalue weighted by molar-refractivity contribution is 4.80. The summed E-state index contributed by atoms with van der Waals surface area (Å²) in [5.74, 6) is 0.543. The number of hydrogen-bond acceptors (Lipinski definition) is 3. The zero-order chi connectivity index (χ0) is 11.3. The van der Waals surface area contributed by atoms with Gasteiger partial charge in [-0.05, 0) is 32.4 Å². The molecule has 3 nitrogen and oxygen atoms in total. The molecule has 90 valence electrons. The van der Waals surface area contributed by atoms with Gasteiger partial charge in [0.1, 0.15) is 0 Å². The zero-order valence-corrected chi connectivity index (χ0v) is 10.3. The lowest BCUT2D eigenvalue weighted by Gasteiger charge is -2.35. The standard InChI is InChI=1S/C12H25NO2/c1-10(2)8-15-9-12(14)11-6-4-5-7-13(11)3/h10-12,14H,4-9H2,1-3H3. The minimum Gasteiger partial charge on any atom is -0.389 e. The molecule has 0 spiro atoms. The van der Waals surface area contributed by atoms with Crippen molar-refractivity contribution in [1.82, 2.24) is 4.90 Å². The predicted octanol–water partition coefficient (Wildman–Crippen LogP) is 1.50. The Morgan fingerprint density at radius 3 is 2.67 bits per heavy atom. The third-order valence-corrected chi connectivity index (χ3v) is 3.01. The molecular formula is C12H25NO2. The van der Waals surface area contributed by atoms with Gasteiger partial charge in [-0.1, -0.05) is 20.3 Å². The summed E-state index contributed by atoms with van der Waals surface area (Å²) in [6.07, 6.45) is 3.26. The van der Waals surface area contributed by atoms with Crippen molar-refractivity contribution in [3.8, 4) is 0 Å². The van der Waals surface area contributed by atoms with Crippen molar-refractivity contribution < 1.29 is 9.84 Å². The molecule has 1 rings (SSSR count). The Labute approximate surface area is 93.4 Å². The minimum absolute atomic E-state index is 0.297. The van der Waals surface area contributed by atoms with Crippen LogP contribution in [0.4, 0.5) is 0 Å². The van der Waals surface area contributed by atoms with Crippen LogP contribution in [0.3, 0.4) is 0 Å². The first-order valence-electron chi connectivity index (χ1n) is 6.07. The molecule has 1 saturated heterocycles. The Morgan fingerprint density at radius 1 is 1.33 bits per heavy atom. The maximum absolute atomic E-state index is 9.99. The summed E-state index contributed by atoms with van der Waals surface area (Å²) in [5.41, 5.74) is 0. The van der Waals surface area contributed by atoms with Crippen LogP contribution >= 0.6 is 0 Å². The van der Waals surface area contributed by atoms with Crippen molar-refractivity contribution in [3.63, 3.8) is 0 Å². The molecule has 0 aromatic rings. The van der Waals surface area contributed by atoms with E-state index in [9.17, 15) is 5.11 Å². The average molecular weight is 215 g/mol. The number of nitrogens with zero attached hydrogens (tertiary/aromatic N) is 1. The van der Waals surface area contributed by atoms with E-state index in [0.717, 1.165) is 19.6 Å². The normalized spacial score (nSPS) is 25.8. The van der Waals surface area contributed by atoms with Gasteiger partial charge in [0.15, 0.2) is 0 Å². The van der Waals surface area contributed by atoms with Crippen LogP contribution in [0, 0.1) is 5.92 Å². The van der Waals surface area contributed by atoms with Crippen LogP contribution in [0.1, 0.15) is 33.1 Å². The lowest BCUT2D eigenvalue weighted by Crippen LogP contribution is -2.46. The number of rotatable bonds is 5. The first kappa shape index (κ1) is 12.9. The monoisotopic (exact) mass is 215 g/mol. The van der Waals surface area contributed by atoms with Gasteiger partial charge in [0.2, 0.25) is 0 Å². The van der Waals surface area contributed by atoms with Gasteiger partial charge >= 0.3 is 0 Å². The number of ether oxygens (including phenoxy) is 1. The number of likely N-dealkylation sites (N-methyl/N-ethyl adjacent to an activating group) is 1. The highest BCUT2D eigenvalue weighted by Crippen LogP contribution is 2.18. The fourth-order valence-corrected chi connectivity index (χ4v) is 2.12. The second-order valence-electron chi connectivity index (χ2n) is 5.04. The van der Waals surface area contributed by atoms with Crippen molar-refractivity contribution in [2.45, 2.75) is 45.3 Å². The summed E-state index contributed by atoms with van der Waals surface area (Å²) < 4.78 is 5.48. The Bertz CT molecular complexity index is 173. The summed E-state index contributed by atoms with van der Waals surface area (Å²) in [7, 11) is 2.09. The molecule has 0 saturated carbocycles. The van der Waals surface area contributed by atoms with E-state index in [2.05, 4.69) is 25.8 Å². The molecule has 15 heavy (non-hydrogen) atoms. The topological polar surface area (TPSA) is 32.7 Å². The van der Waals surface area contributed by atoms with E-state index in [0.29, 0.717) is 18.6 Å². The van der Waals surface area contributed by atoms with Crippen molar-refractivity contribution in [2.24, 2.45) is 5.92 Å². The number of piperidine rings is 1. The van der Waals surface area contributed by atoms with E-state index in [-0.39, 0.29) is 6.10 Å². The first-order chi connectivity index (χ1) is 7.11. The Kier molecular flexibility index (Phi) is 5.58. The molecule has 1 N–H and O–H groups in total. The molecule has 2 unspecified atom stereocenters. The second kappa shape index (κ2) is 6.46. The van der Waals surface area contributed by atoms with E-state index in [4.69, 9.17) is 4.74 Å². The van der Waals surface area contributed by atoms with Crippen LogP contribution in [-0.2, 0) is 4.74 Å². The lowest BCUT2D eigenvalue weighted by molar-refractivity contribution is -0.0276. The van der Waals surface area contributed by atoms with Crippen molar-refractivity contribution >= 4 is 0 Å². The van der Waals surface area contributed by atoms with Gasteiger partial charge in [0, 0.05) is 12.6 Å². The summed E-state index contributed by atoms with van der Waals surface area (Å²) in [5, 5.41) is 9.99. The van der Waals surface area contributed by atoms with Crippen molar-refractivity contribution in [3.05, 3.63) is 0 Å².